The number of rotatable bonds is 8. The first-order valence-electron chi connectivity index (χ1n) is 18.9. The number of aromatic nitrogens is 1. The smallest absolute Gasteiger partial charge is 0.408 e. The van der Waals surface area contributed by atoms with Gasteiger partial charge in [0.05, 0.1) is 13.7 Å². The van der Waals surface area contributed by atoms with Gasteiger partial charge in [-0.1, -0.05) is 26.0 Å². The molecule has 55 heavy (non-hydrogen) atoms. The van der Waals surface area contributed by atoms with E-state index in [1.54, 1.807) is 52.3 Å². The van der Waals surface area contributed by atoms with Gasteiger partial charge in [0.2, 0.25) is 27.7 Å². The van der Waals surface area contributed by atoms with Crippen LogP contribution in [0.3, 0.4) is 0 Å². The number of amides is 4. The van der Waals surface area contributed by atoms with E-state index in [4.69, 9.17) is 14.2 Å². The third-order valence-electron chi connectivity index (χ3n) is 11.2. The zero-order valence-corrected chi connectivity index (χ0v) is 33.0. The van der Waals surface area contributed by atoms with Crippen LogP contribution in [0.2, 0.25) is 0 Å². The van der Waals surface area contributed by atoms with Gasteiger partial charge in [0.1, 0.15) is 46.5 Å². The molecule has 0 radical (unpaired) electrons. The van der Waals surface area contributed by atoms with Crippen molar-refractivity contribution >= 4 is 44.6 Å². The fourth-order valence-corrected chi connectivity index (χ4v) is 9.12. The number of sulfonamides is 1. The lowest BCUT2D eigenvalue weighted by molar-refractivity contribution is -0.142. The molecular weight excluding hydrogens is 734 g/mol. The van der Waals surface area contributed by atoms with Crippen LogP contribution in [-0.2, 0) is 29.1 Å². The second-order valence-corrected chi connectivity index (χ2v) is 18.7. The number of methoxy groups -OCH3 is 1. The molecule has 3 N–H and O–H groups in total. The topological polar surface area (TPSA) is 182 Å². The van der Waals surface area contributed by atoms with E-state index < -0.39 is 80.5 Å². The predicted octanol–water partition coefficient (Wildman–Crippen LogP) is 4.32. The van der Waals surface area contributed by atoms with Crippen molar-refractivity contribution in [1.82, 2.24) is 25.2 Å². The SMILES string of the molecule is COc1ccc2c(O[C@@H]3C[C@H]4C(=O)N[C@]5(C(=O)NS(=O)(=O)C6(CF)CC6)C[C@H]5/C=C\CC[C@@H](C)C[C@@H](C)[C@H](NC(=O)OC(C)(C)C)C(=O)N4C3)nccc2c1. The number of ether oxygens (including phenoxy) is 3. The van der Waals surface area contributed by atoms with Crippen molar-refractivity contribution in [2.75, 3.05) is 20.3 Å². The van der Waals surface area contributed by atoms with E-state index in [1.165, 1.54) is 4.90 Å². The highest BCUT2D eigenvalue weighted by Crippen LogP contribution is 2.48. The Balaban J connectivity index is 1.35. The Morgan fingerprint density at radius 3 is 2.55 bits per heavy atom. The van der Waals surface area contributed by atoms with Crippen LogP contribution in [0.4, 0.5) is 9.18 Å². The van der Waals surface area contributed by atoms with Crippen LogP contribution in [0.25, 0.3) is 10.8 Å². The molecule has 1 aromatic heterocycles. The number of hydrogen-bond acceptors (Lipinski definition) is 10. The Morgan fingerprint density at radius 1 is 1.13 bits per heavy atom. The van der Waals surface area contributed by atoms with Crippen LogP contribution in [0, 0.1) is 17.8 Å². The number of pyridine rings is 1. The summed E-state index contributed by atoms with van der Waals surface area (Å²) < 4.78 is 57.9. The second-order valence-electron chi connectivity index (χ2n) is 16.7. The highest BCUT2D eigenvalue weighted by Gasteiger charge is 2.64. The van der Waals surface area contributed by atoms with Crippen molar-refractivity contribution in [1.29, 1.82) is 0 Å². The number of alkyl carbamates (subject to hydrolysis) is 1. The Kier molecular flexibility index (Phi) is 11.1. The number of benzene rings is 1. The fraction of sp³-hybridized carbons (Fsp3) is 0.615. The van der Waals surface area contributed by atoms with Crippen molar-refractivity contribution in [2.24, 2.45) is 17.8 Å². The molecule has 2 aliphatic heterocycles. The largest absolute Gasteiger partial charge is 0.497 e. The molecule has 1 saturated heterocycles. The summed E-state index contributed by atoms with van der Waals surface area (Å²) in [4.78, 5) is 62.1. The number of carbonyl (C=O) groups excluding carboxylic acids is 4. The molecule has 3 heterocycles. The third-order valence-corrected chi connectivity index (χ3v) is 13.3. The van der Waals surface area contributed by atoms with Crippen LogP contribution in [0.1, 0.15) is 79.6 Å². The van der Waals surface area contributed by atoms with E-state index in [9.17, 15) is 32.0 Å². The summed E-state index contributed by atoms with van der Waals surface area (Å²) in [6.45, 7) is 7.88. The Bertz CT molecular complexity index is 1970. The number of fused-ring (bicyclic) bond motifs is 3. The molecular formula is C39H52FN5O9S. The molecule has 4 amide bonds. The van der Waals surface area contributed by atoms with Crippen LogP contribution >= 0.6 is 0 Å². The lowest BCUT2D eigenvalue weighted by atomic mass is 9.88. The Hall–Kier alpha value is -4.47. The van der Waals surface area contributed by atoms with Gasteiger partial charge in [-0.15, -0.1) is 0 Å². The molecule has 3 fully saturated rings. The normalized spacial score (nSPS) is 30.1. The molecule has 16 heteroatoms. The molecule has 4 aliphatic rings. The Morgan fingerprint density at radius 2 is 1.87 bits per heavy atom. The average molecular weight is 786 g/mol. The first-order chi connectivity index (χ1) is 25.9. The van der Waals surface area contributed by atoms with Gasteiger partial charge in [0, 0.05) is 23.9 Å². The number of allylic oxidation sites excluding steroid dienone is 1. The van der Waals surface area contributed by atoms with Crippen LogP contribution < -0.4 is 24.8 Å². The second kappa shape index (κ2) is 15.2. The number of nitrogens with zero attached hydrogens (tertiary/aromatic N) is 2. The summed E-state index contributed by atoms with van der Waals surface area (Å²) in [5.41, 5.74) is -2.49. The number of nitrogens with one attached hydrogen (secondary N) is 3. The number of carbonyl (C=O) groups is 4. The lowest BCUT2D eigenvalue weighted by Gasteiger charge is -2.33. The highest BCUT2D eigenvalue weighted by molar-refractivity contribution is 7.91. The van der Waals surface area contributed by atoms with Gasteiger partial charge in [-0.05, 0) is 101 Å². The van der Waals surface area contributed by atoms with Gasteiger partial charge in [-0.3, -0.25) is 19.1 Å². The summed E-state index contributed by atoms with van der Waals surface area (Å²) in [5.74, 6) is -2.06. The minimum absolute atomic E-state index is 0.00277. The van der Waals surface area contributed by atoms with Crippen molar-refractivity contribution in [2.45, 2.75) is 114 Å². The van der Waals surface area contributed by atoms with Gasteiger partial charge in [-0.2, -0.15) is 0 Å². The molecule has 0 unspecified atom stereocenters. The summed E-state index contributed by atoms with van der Waals surface area (Å²) in [5, 5.41) is 7.09. The van der Waals surface area contributed by atoms with E-state index in [0.717, 1.165) is 11.8 Å². The van der Waals surface area contributed by atoms with E-state index in [2.05, 4.69) is 27.3 Å². The van der Waals surface area contributed by atoms with E-state index in [0.29, 0.717) is 24.0 Å². The van der Waals surface area contributed by atoms with Crippen LogP contribution in [0.15, 0.2) is 42.6 Å². The minimum atomic E-state index is -4.38. The van der Waals surface area contributed by atoms with Gasteiger partial charge in [0.25, 0.3) is 5.91 Å². The maximum absolute atomic E-state index is 14.7. The molecule has 0 spiro atoms. The van der Waals surface area contributed by atoms with Crippen molar-refractivity contribution in [3.8, 4) is 11.6 Å². The highest BCUT2D eigenvalue weighted by atomic mass is 32.2. The van der Waals surface area contributed by atoms with Crippen LogP contribution in [-0.4, -0.2) is 96.5 Å². The summed E-state index contributed by atoms with van der Waals surface area (Å²) in [6.07, 6.45) is 5.97. The summed E-state index contributed by atoms with van der Waals surface area (Å²) in [6, 6.07) is 4.95. The average Bonchev–Trinajstić information content (AvgIpc) is 4.02. The van der Waals surface area contributed by atoms with Gasteiger partial charge in [0.15, 0.2) is 0 Å². The fourth-order valence-electron chi connectivity index (χ4n) is 7.69. The lowest BCUT2D eigenvalue weighted by Crippen LogP contribution is -2.59. The van der Waals surface area contributed by atoms with Crippen molar-refractivity contribution in [3.05, 3.63) is 42.6 Å². The third kappa shape index (κ3) is 8.53. The maximum Gasteiger partial charge on any atom is 0.408 e. The summed E-state index contributed by atoms with van der Waals surface area (Å²) >= 11 is 0. The molecule has 300 valence electrons. The quantitative estimate of drug-likeness (QED) is 0.326. The standard InChI is InChI=1S/C39H52FN5O9S/c1-23-9-7-8-10-26-20-39(26,35(48)44-55(50,51)38(22-40)14-15-38)43-32(46)30-19-28(53-33-29-12-11-27(52-6)18-25(29)13-16-41-33)21-45(30)34(47)31(24(2)17-23)42-36(49)54-37(3,4)5/h8,10-13,16,18,23-24,26,28,30-31H,7,9,14-15,17,19-22H2,1-6H3,(H,42,49)(H,43,46)(H,44,48)/b10-8-/t23-,24-,26-,28-,30+,31+,39-/m1/s1. The Labute approximate surface area is 321 Å². The number of alkyl halides is 1. The van der Waals surface area contributed by atoms with Gasteiger partial charge < -0.3 is 29.7 Å². The summed E-state index contributed by atoms with van der Waals surface area (Å²) in [7, 11) is -2.82. The molecule has 1 aromatic carbocycles. The van der Waals surface area contributed by atoms with Gasteiger partial charge >= 0.3 is 6.09 Å². The van der Waals surface area contributed by atoms with E-state index in [1.807, 2.05) is 25.1 Å². The molecule has 2 saturated carbocycles. The van der Waals surface area contributed by atoms with Crippen molar-refractivity contribution in [3.63, 3.8) is 0 Å². The predicted molar refractivity (Wildman–Crippen MR) is 201 cm³/mol. The molecule has 0 bridgehead atoms. The molecule has 2 aliphatic carbocycles. The first-order valence-corrected chi connectivity index (χ1v) is 20.4. The van der Waals surface area contributed by atoms with Gasteiger partial charge in [-0.25, -0.2) is 22.6 Å². The van der Waals surface area contributed by atoms with E-state index in [-0.39, 0.29) is 49.9 Å². The monoisotopic (exact) mass is 785 g/mol. The molecule has 6 rings (SSSR count). The first kappa shape index (κ1) is 40.2. The molecule has 7 atom stereocenters. The zero-order valence-electron chi connectivity index (χ0n) is 32.2. The number of hydrogen-bond donors (Lipinski definition) is 3. The van der Waals surface area contributed by atoms with E-state index >= 15 is 0 Å². The molecule has 2 aromatic rings. The zero-order chi connectivity index (χ0) is 39.9. The molecule has 14 nitrogen and oxygen atoms in total. The maximum atomic E-state index is 14.7. The van der Waals surface area contributed by atoms with Crippen molar-refractivity contribution < 1.29 is 46.2 Å². The minimum Gasteiger partial charge on any atom is -0.497 e. The van der Waals surface area contributed by atoms with Crippen LogP contribution in [0.5, 0.6) is 11.6 Å². The number of halogens is 1.